The highest BCUT2D eigenvalue weighted by atomic mass is 32.2. The highest BCUT2D eigenvalue weighted by Crippen LogP contribution is 2.42. The summed E-state index contributed by atoms with van der Waals surface area (Å²) in [5.41, 5.74) is 2.20. The standard InChI is InChI=1S/C25H23FN2O4S/c1-15-8-7-9-16(12-15)14-33-25-27-21-17(13-20(30-2)22(31-3)23(21)32-4)24(29)28(25)19-11-6-5-10-18(19)26/h5-13H,14H2,1-4H3. The first-order valence-corrected chi connectivity index (χ1v) is 11.2. The Hall–Kier alpha value is -3.52. The number of hydrogen-bond donors (Lipinski definition) is 0. The van der Waals surface area contributed by atoms with Gasteiger partial charge in [-0.05, 0) is 30.7 Å². The summed E-state index contributed by atoms with van der Waals surface area (Å²) in [5, 5.41) is 0.567. The average molecular weight is 467 g/mol. The molecule has 0 saturated carbocycles. The fraction of sp³-hybridized carbons (Fsp3) is 0.200. The van der Waals surface area contributed by atoms with Crippen LogP contribution in [0, 0.1) is 12.7 Å². The normalized spacial score (nSPS) is 10.9. The minimum Gasteiger partial charge on any atom is -0.493 e. The van der Waals surface area contributed by atoms with Gasteiger partial charge >= 0.3 is 0 Å². The number of benzene rings is 3. The van der Waals surface area contributed by atoms with Crippen LogP contribution in [0.25, 0.3) is 16.6 Å². The molecule has 3 aromatic carbocycles. The van der Waals surface area contributed by atoms with Gasteiger partial charge in [0.2, 0.25) is 5.75 Å². The molecular weight excluding hydrogens is 443 g/mol. The Morgan fingerprint density at radius 2 is 1.73 bits per heavy atom. The fourth-order valence-electron chi connectivity index (χ4n) is 3.66. The Bertz CT molecular complexity index is 1390. The third-order valence-corrected chi connectivity index (χ3v) is 6.19. The summed E-state index contributed by atoms with van der Waals surface area (Å²) < 4.78 is 32.5. The van der Waals surface area contributed by atoms with Crippen LogP contribution in [0.1, 0.15) is 11.1 Å². The first-order valence-electron chi connectivity index (χ1n) is 10.2. The van der Waals surface area contributed by atoms with E-state index in [1.54, 1.807) is 24.3 Å². The van der Waals surface area contributed by atoms with Gasteiger partial charge in [0.25, 0.3) is 5.56 Å². The second-order valence-corrected chi connectivity index (χ2v) is 8.25. The number of aryl methyl sites for hydroxylation is 1. The van der Waals surface area contributed by atoms with E-state index in [1.165, 1.54) is 43.7 Å². The zero-order valence-electron chi connectivity index (χ0n) is 18.7. The summed E-state index contributed by atoms with van der Waals surface area (Å²) in [6, 6.07) is 15.7. The lowest BCUT2D eigenvalue weighted by Crippen LogP contribution is -2.23. The van der Waals surface area contributed by atoms with Crippen LogP contribution in [0.4, 0.5) is 4.39 Å². The Kier molecular flexibility index (Phi) is 6.55. The summed E-state index contributed by atoms with van der Waals surface area (Å²) in [4.78, 5) is 18.4. The second-order valence-electron chi connectivity index (χ2n) is 7.31. The van der Waals surface area contributed by atoms with Crippen LogP contribution in [0.2, 0.25) is 0 Å². The summed E-state index contributed by atoms with van der Waals surface area (Å²) >= 11 is 1.34. The van der Waals surface area contributed by atoms with Gasteiger partial charge in [-0.3, -0.25) is 9.36 Å². The van der Waals surface area contributed by atoms with Crippen molar-refractivity contribution in [2.45, 2.75) is 17.8 Å². The molecule has 0 unspecified atom stereocenters. The lowest BCUT2D eigenvalue weighted by molar-refractivity contribution is 0.326. The molecule has 0 spiro atoms. The van der Waals surface area contributed by atoms with E-state index in [4.69, 9.17) is 19.2 Å². The predicted octanol–water partition coefficient (Wildman–Crippen LogP) is 5.15. The molecule has 0 bridgehead atoms. The lowest BCUT2D eigenvalue weighted by atomic mass is 10.2. The Morgan fingerprint density at radius 1 is 0.970 bits per heavy atom. The Morgan fingerprint density at radius 3 is 2.39 bits per heavy atom. The molecule has 4 rings (SSSR count). The van der Waals surface area contributed by atoms with Crippen molar-refractivity contribution < 1.29 is 18.6 Å². The lowest BCUT2D eigenvalue weighted by Gasteiger charge is -2.17. The third-order valence-electron chi connectivity index (χ3n) is 5.18. The predicted molar refractivity (Wildman–Crippen MR) is 128 cm³/mol. The quantitative estimate of drug-likeness (QED) is 0.277. The third kappa shape index (κ3) is 4.26. The number of nitrogens with zero attached hydrogens (tertiary/aromatic N) is 2. The van der Waals surface area contributed by atoms with E-state index in [2.05, 4.69) is 6.07 Å². The molecule has 33 heavy (non-hydrogen) atoms. The Labute approximate surface area is 194 Å². The number of aromatic nitrogens is 2. The van der Waals surface area contributed by atoms with E-state index in [-0.39, 0.29) is 16.8 Å². The number of fused-ring (bicyclic) bond motifs is 1. The van der Waals surface area contributed by atoms with Crippen LogP contribution in [0.15, 0.2) is 64.5 Å². The summed E-state index contributed by atoms with van der Waals surface area (Å²) in [5.74, 6) is 0.954. The number of hydrogen-bond acceptors (Lipinski definition) is 6. The number of para-hydroxylation sites is 1. The smallest absolute Gasteiger partial charge is 0.267 e. The number of thioether (sulfide) groups is 1. The van der Waals surface area contributed by atoms with Crippen molar-refractivity contribution in [3.05, 3.63) is 81.9 Å². The monoisotopic (exact) mass is 466 g/mol. The van der Waals surface area contributed by atoms with Crippen molar-refractivity contribution in [1.29, 1.82) is 0 Å². The zero-order chi connectivity index (χ0) is 23.5. The molecular formula is C25H23FN2O4S. The molecule has 0 saturated heterocycles. The van der Waals surface area contributed by atoms with E-state index in [0.29, 0.717) is 27.9 Å². The number of methoxy groups -OCH3 is 3. The van der Waals surface area contributed by atoms with Gasteiger partial charge in [-0.2, -0.15) is 0 Å². The van der Waals surface area contributed by atoms with Crippen LogP contribution < -0.4 is 19.8 Å². The van der Waals surface area contributed by atoms with Crippen LogP contribution >= 0.6 is 11.8 Å². The van der Waals surface area contributed by atoms with Gasteiger partial charge in [0.1, 0.15) is 11.3 Å². The molecule has 0 fully saturated rings. The van der Waals surface area contributed by atoms with Crippen molar-refractivity contribution in [3.8, 4) is 22.9 Å². The molecule has 4 aromatic rings. The maximum Gasteiger partial charge on any atom is 0.267 e. The van der Waals surface area contributed by atoms with Crippen molar-refractivity contribution in [3.63, 3.8) is 0 Å². The number of rotatable bonds is 7. The van der Waals surface area contributed by atoms with Gasteiger partial charge in [-0.25, -0.2) is 9.37 Å². The maximum absolute atomic E-state index is 14.8. The molecule has 0 N–H and O–H groups in total. The number of halogens is 1. The summed E-state index contributed by atoms with van der Waals surface area (Å²) in [6.07, 6.45) is 0. The SMILES string of the molecule is COc1cc2c(=O)n(-c3ccccc3F)c(SCc3cccc(C)c3)nc2c(OC)c1OC. The molecule has 0 atom stereocenters. The van der Waals surface area contributed by atoms with Crippen LogP contribution in [0.5, 0.6) is 17.2 Å². The fourth-order valence-corrected chi connectivity index (χ4v) is 4.60. The van der Waals surface area contributed by atoms with Crippen LogP contribution in [-0.2, 0) is 5.75 Å². The van der Waals surface area contributed by atoms with Crippen molar-refractivity contribution in [1.82, 2.24) is 9.55 Å². The topological polar surface area (TPSA) is 62.6 Å². The molecule has 0 amide bonds. The molecule has 0 aliphatic heterocycles. The largest absolute Gasteiger partial charge is 0.493 e. The van der Waals surface area contributed by atoms with Gasteiger partial charge in [-0.15, -0.1) is 0 Å². The van der Waals surface area contributed by atoms with Gasteiger partial charge in [0, 0.05) is 5.75 Å². The molecule has 0 aliphatic carbocycles. The van der Waals surface area contributed by atoms with Crippen molar-refractivity contribution in [2.75, 3.05) is 21.3 Å². The maximum atomic E-state index is 14.8. The molecule has 8 heteroatoms. The molecule has 1 aromatic heterocycles. The average Bonchev–Trinajstić information content (AvgIpc) is 2.82. The minimum atomic E-state index is -0.523. The molecule has 6 nitrogen and oxygen atoms in total. The summed E-state index contributed by atoms with van der Waals surface area (Å²) in [6.45, 7) is 2.02. The first-order chi connectivity index (χ1) is 16.0. The molecule has 0 radical (unpaired) electrons. The van der Waals surface area contributed by atoms with Crippen molar-refractivity contribution >= 4 is 22.7 Å². The summed E-state index contributed by atoms with van der Waals surface area (Å²) in [7, 11) is 4.43. The second kappa shape index (κ2) is 9.54. The van der Waals surface area contributed by atoms with Crippen LogP contribution in [-0.4, -0.2) is 30.9 Å². The molecule has 0 aliphatic rings. The molecule has 170 valence electrons. The van der Waals surface area contributed by atoms with Gasteiger partial charge in [0.05, 0.1) is 32.4 Å². The minimum absolute atomic E-state index is 0.123. The van der Waals surface area contributed by atoms with Crippen LogP contribution in [0.3, 0.4) is 0 Å². The Balaban J connectivity index is 1.99. The van der Waals surface area contributed by atoms with E-state index in [0.717, 1.165) is 11.1 Å². The highest BCUT2D eigenvalue weighted by molar-refractivity contribution is 7.98. The van der Waals surface area contributed by atoms with Gasteiger partial charge in [0.15, 0.2) is 16.7 Å². The highest BCUT2D eigenvalue weighted by Gasteiger charge is 2.23. The first kappa shape index (κ1) is 22.7. The van der Waals surface area contributed by atoms with E-state index >= 15 is 0 Å². The van der Waals surface area contributed by atoms with Gasteiger partial charge < -0.3 is 14.2 Å². The van der Waals surface area contributed by atoms with E-state index in [1.807, 2.05) is 25.1 Å². The van der Waals surface area contributed by atoms with Crippen molar-refractivity contribution in [2.24, 2.45) is 0 Å². The van der Waals surface area contributed by atoms with Gasteiger partial charge in [-0.1, -0.05) is 53.7 Å². The molecule has 1 heterocycles. The zero-order valence-corrected chi connectivity index (χ0v) is 19.5. The number of ether oxygens (including phenoxy) is 3. The van der Waals surface area contributed by atoms with E-state index < -0.39 is 11.4 Å². The van der Waals surface area contributed by atoms with E-state index in [9.17, 15) is 9.18 Å².